The van der Waals surface area contributed by atoms with E-state index in [1.807, 2.05) is 0 Å². The van der Waals surface area contributed by atoms with E-state index in [4.69, 9.17) is 9.84 Å². The van der Waals surface area contributed by atoms with E-state index in [0.29, 0.717) is 10.6 Å². The Labute approximate surface area is 107 Å². The third kappa shape index (κ3) is 4.08. The normalized spacial score (nSPS) is 11.6. The summed E-state index contributed by atoms with van der Waals surface area (Å²) in [6.07, 6.45) is 0. The second-order valence-corrected chi connectivity index (χ2v) is 3.33. The van der Waals surface area contributed by atoms with Gasteiger partial charge in [-0.15, -0.1) is 0 Å². The summed E-state index contributed by atoms with van der Waals surface area (Å²) in [6.45, 7) is -0.557. The molecule has 1 N–H and O–H groups in total. The molecule has 14 heavy (non-hydrogen) atoms. The number of hydrogen-bond acceptors (Lipinski definition) is 4. The van der Waals surface area contributed by atoms with E-state index in [0.717, 1.165) is 0 Å². The first kappa shape index (κ1) is 14.1. The van der Waals surface area contributed by atoms with Gasteiger partial charge in [-0.2, -0.15) is 0 Å². The van der Waals surface area contributed by atoms with Crippen molar-refractivity contribution in [2.24, 2.45) is 0 Å². The quantitative estimate of drug-likeness (QED) is 0.581. The van der Waals surface area contributed by atoms with Crippen LogP contribution in [0.3, 0.4) is 0 Å². The van der Waals surface area contributed by atoms with Crippen molar-refractivity contribution in [3.8, 4) is 5.75 Å². The van der Waals surface area contributed by atoms with Crippen LogP contribution in [0, 0.1) is 0 Å². The van der Waals surface area contributed by atoms with Crippen LogP contribution in [-0.4, -0.2) is 52.8 Å². The molecule has 0 aromatic heterocycles. The Morgan fingerprint density at radius 1 is 1.36 bits per heavy atom. The molecule has 0 aliphatic carbocycles. The average Bonchev–Trinajstić information content (AvgIpc) is 2.18. The Bertz CT molecular complexity index is 288. The van der Waals surface area contributed by atoms with Gasteiger partial charge in [0, 0.05) is 0 Å². The zero-order chi connectivity index (χ0) is 9.68. The van der Waals surface area contributed by atoms with E-state index in [1.54, 1.807) is 31.4 Å². The number of aliphatic hydroxyl groups excluding tert-OH is 1. The summed E-state index contributed by atoms with van der Waals surface area (Å²) in [5.41, 5.74) is 0. The molecular formula is C8H11NaO4S. The van der Waals surface area contributed by atoms with Crippen LogP contribution in [0.25, 0.3) is 0 Å². The zero-order valence-electron chi connectivity index (χ0n) is 7.10. The molecule has 1 aromatic carbocycles. The number of methoxy groups -OCH3 is 1. The van der Waals surface area contributed by atoms with E-state index in [2.05, 4.69) is 4.18 Å². The fourth-order valence-corrected chi connectivity index (χ4v) is 1.39. The van der Waals surface area contributed by atoms with Crippen LogP contribution in [0.1, 0.15) is 0 Å². The molecule has 1 aromatic rings. The molecule has 0 radical (unpaired) electrons. The summed E-state index contributed by atoms with van der Waals surface area (Å²) in [5.74, 6) is 0.685. The van der Waals surface area contributed by atoms with Crippen molar-refractivity contribution >= 4 is 40.6 Å². The first-order chi connectivity index (χ1) is 6.27. The van der Waals surface area contributed by atoms with Gasteiger partial charge in [-0.1, -0.05) is 0 Å². The van der Waals surface area contributed by atoms with Crippen molar-refractivity contribution in [1.29, 1.82) is 0 Å². The standard InChI is InChI=1S/C8H10O4S.Na.H/c1-11-7-2-4-8(5-3-7)13(10)12-6-9;;/h2-5,9H,6H2,1H3;;. The molecule has 0 amide bonds. The molecular weight excluding hydrogens is 215 g/mol. The van der Waals surface area contributed by atoms with Crippen LogP contribution < -0.4 is 4.74 Å². The fourth-order valence-electron chi connectivity index (χ4n) is 0.803. The second-order valence-electron chi connectivity index (χ2n) is 2.16. The molecule has 0 fully saturated rings. The Kier molecular flexibility index (Phi) is 7.44. The van der Waals surface area contributed by atoms with Gasteiger partial charge in [0.15, 0.2) is 17.9 Å². The molecule has 0 aliphatic heterocycles. The summed E-state index contributed by atoms with van der Waals surface area (Å²) >= 11 is -1.60. The fraction of sp³-hybridized carbons (Fsp3) is 0.250. The van der Waals surface area contributed by atoms with E-state index in [1.165, 1.54) is 0 Å². The van der Waals surface area contributed by atoms with Gasteiger partial charge in [-0.05, 0) is 24.3 Å². The number of rotatable bonds is 4. The van der Waals surface area contributed by atoms with Crippen molar-refractivity contribution < 1.29 is 18.2 Å². The minimum absolute atomic E-state index is 0. The summed E-state index contributed by atoms with van der Waals surface area (Å²) in [4.78, 5) is 0.495. The van der Waals surface area contributed by atoms with Crippen molar-refractivity contribution in [3.05, 3.63) is 24.3 Å². The van der Waals surface area contributed by atoms with Crippen molar-refractivity contribution in [1.82, 2.24) is 0 Å². The van der Waals surface area contributed by atoms with E-state index in [9.17, 15) is 4.21 Å². The zero-order valence-corrected chi connectivity index (χ0v) is 7.91. The molecule has 0 aliphatic rings. The van der Waals surface area contributed by atoms with Gasteiger partial charge in [-0.3, -0.25) is 4.18 Å². The first-order valence-corrected chi connectivity index (χ1v) is 4.65. The molecule has 0 saturated carbocycles. The molecule has 0 saturated heterocycles. The topological polar surface area (TPSA) is 55.8 Å². The van der Waals surface area contributed by atoms with Crippen molar-refractivity contribution in [3.63, 3.8) is 0 Å². The van der Waals surface area contributed by atoms with Crippen molar-refractivity contribution in [2.45, 2.75) is 4.90 Å². The molecule has 74 valence electrons. The van der Waals surface area contributed by atoms with E-state index < -0.39 is 17.9 Å². The monoisotopic (exact) mass is 226 g/mol. The van der Waals surface area contributed by atoms with Gasteiger partial charge in [-0.25, -0.2) is 4.21 Å². The van der Waals surface area contributed by atoms with E-state index >= 15 is 0 Å². The Morgan fingerprint density at radius 2 is 1.93 bits per heavy atom. The molecule has 0 spiro atoms. The SMILES string of the molecule is COc1ccc(S(=O)OCO)cc1.[NaH]. The summed E-state index contributed by atoms with van der Waals surface area (Å²) in [5, 5.41) is 8.36. The predicted molar refractivity (Wildman–Crippen MR) is 54.7 cm³/mol. The second kappa shape index (κ2) is 7.39. The first-order valence-electron chi connectivity index (χ1n) is 3.58. The molecule has 0 bridgehead atoms. The summed E-state index contributed by atoms with van der Waals surface area (Å²) in [6, 6.07) is 6.58. The number of benzene rings is 1. The van der Waals surface area contributed by atoms with Gasteiger partial charge in [0.2, 0.25) is 0 Å². The van der Waals surface area contributed by atoms with Crippen LogP contribution in [0.2, 0.25) is 0 Å². The van der Waals surface area contributed by atoms with Gasteiger partial charge in [0.05, 0.1) is 12.0 Å². The minimum atomic E-state index is -1.60. The van der Waals surface area contributed by atoms with Crippen LogP contribution >= 0.6 is 0 Å². The molecule has 1 unspecified atom stereocenters. The number of hydrogen-bond donors (Lipinski definition) is 1. The summed E-state index contributed by atoms with van der Waals surface area (Å²) < 4.78 is 20.5. The predicted octanol–water partition coefficient (Wildman–Crippen LogP) is 0.0357. The molecule has 4 nitrogen and oxygen atoms in total. The average molecular weight is 226 g/mol. The van der Waals surface area contributed by atoms with Crippen LogP contribution in [-0.2, 0) is 15.3 Å². The molecule has 6 heteroatoms. The van der Waals surface area contributed by atoms with Crippen LogP contribution in [0.15, 0.2) is 29.2 Å². The third-order valence-corrected chi connectivity index (χ3v) is 2.39. The Balaban J connectivity index is 0.00000169. The van der Waals surface area contributed by atoms with Gasteiger partial charge >= 0.3 is 29.6 Å². The van der Waals surface area contributed by atoms with E-state index in [-0.39, 0.29) is 29.6 Å². The Hall–Kier alpha value is 0.0900. The van der Waals surface area contributed by atoms with Gasteiger partial charge in [0.1, 0.15) is 5.75 Å². The third-order valence-electron chi connectivity index (χ3n) is 1.41. The van der Waals surface area contributed by atoms with Crippen molar-refractivity contribution in [2.75, 3.05) is 13.9 Å². The molecule has 0 heterocycles. The van der Waals surface area contributed by atoms with Crippen LogP contribution in [0.5, 0.6) is 5.75 Å². The molecule has 1 atom stereocenters. The summed E-state index contributed by atoms with van der Waals surface area (Å²) in [7, 11) is 1.55. The number of ether oxygens (including phenoxy) is 1. The van der Waals surface area contributed by atoms with Crippen LogP contribution in [0.4, 0.5) is 0 Å². The Morgan fingerprint density at radius 3 is 2.36 bits per heavy atom. The van der Waals surface area contributed by atoms with Gasteiger partial charge in [0.25, 0.3) is 0 Å². The maximum atomic E-state index is 11.1. The molecule has 1 rings (SSSR count). The number of aliphatic hydroxyl groups is 1. The maximum absolute atomic E-state index is 11.1. The van der Waals surface area contributed by atoms with Gasteiger partial charge < -0.3 is 9.84 Å².